The molecule has 0 fully saturated rings. The number of hydrogen-bond donors (Lipinski definition) is 0. The van der Waals surface area contributed by atoms with Crippen LogP contribution < -0.4 is 0 Å². The summed E-state index contributed by atoms with van der Waals surface area (Å²) in [5.74, 6) is -1.16. The molecular weight excluding hydrogens is 328 g/mol. The summed E-state index contributed by atoms with van der Waals surface area (Å²) in [6.45, 7) is 2.50. The molecule has 2 aromatic rings. The van der Waals surface area contributed by atoms with Crippen LogP contribution >= 0.6 is 0 Å². The van der Waals surface area contributed by atoms with Crippen molar-refractivity contribution in [1.29, 1.82) is 0 Å². The van der Waals surface area contributed by atoms with E-state index in [0.717, 1.165) is 24.0 Å². The van der Waals surface area contributed by atoms with Crippen LogP contribution in [0.25, 0.3) is 0 Å². The van der Waals surface area contributed by atoms with Gasteiger partial charge in [-0.3, -0.25) is 9.59 Å². The minimum atomic E-state index is -0.457. The van der Waals surface area contributed by atoms with Crippen LogP contribution in [0.3, 0.4) is 0 Å². The van der Waals surface area contributed by atoms with E-state index in [1.54, 1.807) is 0 Å². The fourth-order valence-electron chi connectivity index (χ4n) is 2.60. The third-order valence-electron chi connectivity index (χ3n) is 4.12. The number of carbonyl (C=O) groups excluding carboxylic acids is 2. The van der Waals surface area contributed by atoms with E-state index >= 15 is 0 Å². The molecule has 1 atom stereocenters. The zero-order valence-corrected chi connectivity index (χ0v) is 15.2. The number of ether oxygens (including phenoxy) is 2. The van der Waals surface area contributed by atoms with E-state index in [9.17, 15) is 9.59 Å². The van der Waals surface area contributed by atoms with Gasteiger partial charge in [0.05, 0.1) is 12.3 Å². The first-order valence-corrected chi connectivity index (χ1v) is 9.09. The van der Waals surface area contributed by atoms with Gasteiger partial charge in [-0.25, -0.2) is 0 Å². The van der Waals surface area contributed by atoms with Crippen LogP contribution in [0.5, 0.6) is 0 Å². The molecule has 4 heteroatoms. The molecule has 0 aliphatic rings. The molecule has 0 N–H and O–H groups in total. The number of hydrogen-bond acceptors (Lipinski definition) is 4. The van der Waals surface area contributed by atoms with E-state index in [0.29, 0.717) is 6.42 Å². The Bertz CT molecular complexity index is 667. The lowest BCUT2D eigenvalue weighted by atomic mass is 9.98. The monoisotopic (exact) mass is 354 g/mol. The molecule has 0 spiro atoms. The van der Waals surface area contributed by atoms with Crippen LogP contribution in [0.15, 0.2) is 60.7 Å². The van der Waals surface area contributed by atoms with E-state index < -0.39 is 5.92 Å². The van der Waals surface area contributed by atoms with Crippen LogP contribution in [-0.2, 0) is 32.3 Å². The van der Waals surface area contributed by atoms with Gasteiger partial charge in [-0.2, -0.15) is 0 Å². The predicted molar refractivity (Wildman–Crippen MR) is 100 cm³/mol. The number of carbonyl (C=O) groups is 2. The first-order chi connectivity index (χ1) is 12.7. The van der Waals surface area contributed by atoms with Crippen LogP contribution in [0.2, 0.25) is 0 Å². The molecule has 4 nitrogen and oxygen atoms in total. The molecule has 26 heavy (non-hydrogen) atoms. The molecule has 0 aliphatic heterocycles. The molecule has 0 saturated carbocycles. The maximum Gasteiger partial charge on any atom is 0.309 e. The largest absolute Gasteiger partial charge is 0.461 e. The highest BCUT2D eigenvalue weighted by atomic mass is 16.5. The molecular formula is C22H26O4. The molecule has 0 heterocycles. The van der Waals surface area contributed by atoms with Gasteiger partial charge in [-0.1, -0.05) is 80.4 Å². The Labute approximate surface area is 155 Å². The van der Waals surface area contributed by atoms with Crippen LogP contribution in [0.4, 0.5) is 0 Å². The highest BCUT2D eigenvalue weighted by molar-refractivity contribution is 5.80. The van der Waals surface area contributed by atoms with Gasteiger partial charge >= 0.3 is 11.9 Å². The van der Waals surface area contributed by atoms with E-state index in [1.807, 2.05) is 60.7 Å². The Kier molecular flexibility index (Phi) is 8.40. The first-order valence-electron chi connectivity index (χ1n) is 9.09. The van der Waals surface area contributed by atoms with E-state index in [-0.39, 0.29) is 31.6 Å². The standard InChI is InChI=1S/C22H26O4/c1-2-3-14-20(22(24)26-17-19-12-8-5-9-13-19)15-21(23)25-16-18-10-6-4-7-11-18/h4-13,20H,2-3,14-17H2,1H3. The summed E-state index contributed by atoms with van der Waals surface area (Å²) in [7, 11) is 0. The lowest BCUT2D eigenvalue weighted by Crippen LogP contribution is -2.22. The number of unbranched alkanes of at least 4 members (excludes halogenated alkanes) is 1. The van der Waals surface area contributed by atoms with Crippen molar-refractivity contribution in [1.82, 2.24) is 0 Å². The average molecular weight is 354 g/mol. The van der Waals surface area contributed by atoms with Gasteiger partial charge in [0.15, 0.2) is 0 Å². The topological polar surface area (TPSA) is 52.6 Å². The van der Waals surface area contributed by atoms with Gasteiger partial charge < -0.3 is 9.47 Å². The van der Waals surface area contributed by atoms with Crippen molar-refractivity contribution < 1.29 is 19.1 Å². The molecule has 1 unspecified atom stereocenters. The van der Waals surface area contributed by atoms with Crippen molar-refractivity contribution in [2.75, 3.05) is 0 Å². The minimum absolute atomic E-state index is 0.0560. The molecule has 2 aromatic carbocycles. The summed E-state index contributed by atoms with van der Waals surface area (Å²) >= 11 is 0. The Morgan fingerprint density at radius 2 is 1.38 bits per heavy atom. The van der Waals surface area contributed by atoms with Gasteiger partial charge in [-0.15, -0.1) is 0 Å². The van der Waals surface area contributed by atoms with Crippen LogP contribution in [-0.4, -0.2) is 11.9 Å². The Morgan fingerprint density at radius 1 is 0.846 bits per heavy atom. The average Bonchev–Trinajstić information content (AvgIpc) is 2.69. The Balaban J connectivity index is 1.84. The summed E-state index contributed by atoms with van der Waals surface area (Å²) < 4.78 is 10.7. The summed E-state index contributed by atoms with van der Waals surface area (Å²) in [6, 6.07) is 19.0. The van der Waals surface area contributed by atoms with Crippen LogP contribution in [0.1, 0.15) is 43.7 Å². The lowest BCUT2D eigenvalue weighted by Gasteiger charge is -2.15. The van der Waals surface area contributed by atoms with Gasteiger partial charge in [0.25, 0.3) is 0 Å². The summed E-state index contributed by atoms with van der Waals surface area (Å²) in [5.41, 5.74) is 1.86. The first kappa shape index (κ1) is 19.7. The maximum atomic E-state index is 12.4. The third kappa shape index (κ3) is 7.09. The maximum absolute atomic E-state index is 12.4. The van der Waals surface area contributed by atoms with E-state index in [1.165, 1.54) is 0 Å². The van der Waals surface area contributed by atoms with E-state index in [2.05, 4.69) is 6.92 Å². The molecule has 2 rings (SSSR count). The Hall–Kier alpha value is -2.62. The second-order valence-corrected chi connectivity index (χ2v) is 6.28. The number of rotatable bonds is 10. The number of esters is 2. The molecule has 0 radical (unpaired) electrons. The van der Waals surface area contributed by atoms with Gasteiger partial charge in [0.2, 0.25) is 0 Å². The van der Waals surface area contributed by atoms with Gasteiger partial charge in [-0.05, 0) is 17.5 Å². The normalized spacial score (nSPS) is 11.6. The minimum Gasteiger partial charge on any atom is -0.461 e. The fraction of sp³-hybridized carbons (Fsp3) is 0.364. The summed E-state index contributed by atoms with van der Waals surface area (Å²) in [4.78, 5) is 24.5. The zero-order valence-electron chi connectivity index (χ0n) is 15.2. The lowest BCUT2D eigenvalue weighted by molar-refractivity contribution is -0.157. The van der Waals surface area contributed by atoms with Crippen molar-refractivity contribution in [2.45, 2.75) is 45.8 Å². The van der Waals surface area contributed by atoms with Crippen molar-refractivity contribution in [3.63, 3.8) is 0 Å². The van der Waals surface area contributed by atoms with Crippen molar-refractivity contribution in [3.05, 3.63) is 71.8 Å². The third-order valence-corrected chi connectivity index (χ3v) is 4.12. The predicted octanol–water partition coefficient (Wildman–Crippen LogP) is 4.67. The van der Waals surface area contributed by atoms with Crippen molar-refractivity contribution >= 4 is 11.9 Å². The summed E-state index contributed by atoms with van der Waals surface area (Å²) in [6.07, 6.45) is 2.52. The summed E-state index contributed by atoms with van der Waals surface area (Å²) in [5, 5.41) is 0. The number of benzene rings is 2. The molecule has 0 aliphatic carbocycles. The second kappa shape index (κ2) is 11.1. The zero-order chi connectivity index (χ0) is 18.6. The molecule has 0 saturated heterocycles. The molecule has 0 bridgehead atoms. The van der Waals surface area contributed by atoms with Gasteiger partial charge in [0, 0.05) is 0 Å². The molecule has 138 valence electrons. The highest BCUT2D eigenvalue weighted by Crippen LogP contribution is 2.17. The van der Waals surface area contributed by atoms with Crippen molar-refractivity contribution in [3.8, 4) is 0 Å². The quantitative estimate of drug-likeness (QED) is 0.582. The second-order valence-electron chi connectivity index (χ2n) is 6.28. The van der Waals surface area contributed by atoms with Crippen LogP contribution in [0, 0.1) is 5.92 Å². The SMILES string of the molecule is CCCCC(CC(=O)OCc1ccccc1)C(=O)OCc1ccccc1. The molecule has 0 aromatic heterocycles. The van der Waals surface area contributed by atoms with Crippen molar-refractivity contribution in [2.24, 2.45) is 5.92 Å². The van der Waals surface area contributed by atoms with Gasteiger partial charge in [0.1, 0.15) is 13.2 Å². The fourth-order valence-corrected chi connectivity index (χ4v) is 2.60. The van der Waals surface area contributed by atoms with E-state index in [4.69, 9.17) is 9.47 Å². The Morgan fingerprint density at radius 3 is 1.92 bits per heavy atom. The smallest absolute Gasteiger partial charge is 0.309 e. The molecule has 0 amide bonds. The highest BCUT2D eigenvalue weighted by Gasteiger charge is 2.24.